The third-order valence-electron chi connectivity index (χ3n) is 3.17. The molecule has 0 heterocycles. The molecule has 2 aliphatic rings. The van der Waals surface area contributed by atoms with E-state index in [0.29, 0.717) is 5.57 Å². The number of carbonyl (C=O) groups is 1. The van der Waals surface area contributed by atoms with Gasteiger partial charge in [-0.25, -0.2) is 4.79 Å². The summed E-state index contributed by atoms with van der Waals surface area (Å²) < 4.78 is 5.40. The molecule has 1 atom stereocenters. The summed E-state index contributed by atoms with van der Waals surface area (Å²) in [4.78, 5) is 11.4. The molecular weight excluding hydrogens is 200 g/mol. The maximum absolute atomic E-state index is 11.4. The molecule has 0 aromatic carbocycles. The third kappa shape index (κ3) is 2.43. The number of fused-ring (bicyclic) bond motifs is 1. The fraction of sp³-hybridized carbons (Fsp3) is 0.500. The Bertz CT molecular complexity index is 374. The van der Waals surface area contributed by atoms with E-state index in [2.05, 4.69) is 18.7 Å². The summed E-state index contributed by atoms with van der Waals surface area (Å²) in [5, 5.41) is 0. The lowest BCUT2D eigenvalue weighted by molar-refractivity contribution is -0.144. The second-order valence-electron chi connectivity index (χ2n) is 4.59. The van der Waals surface area contributed by atoms with Crippen LogP contribution in [0.25, 0.3) is 0 Å². The van der Waals surface area contributed by atoms with E-state index >= 15 is 0 Å². The molecule has 0 radical (unpaired) electrons. The van der Waals surface area contributed by atoms with Crippen LogP contribution in [-0.4, -0.2) is 12.1 Å². The maximum Gasteiger partial charge on any atom is 0.333 e. The second-order valence-corrected chi connectivity index (χ2v) is 4.59. The normalized spacial score (nSPS) is 23.9. The Morgan fingerprint density at radius 1 is 1.38 bits per heavy atom. The molecule has 16 heavy (non-hydrogen) atoms. The van der Waals surface area contributed by atoms with Crippen molar-refractivity contribution in [2.45, 2.75) is 45.1 Å². The van der Waals surface area contributed by atoms with E-state index in [1.807, 2.05) is 0 Å². The van der Waals surface area contributed by atoms with Crippen molar-refractivity contribution in [1.82, 2.24) is 0 Å². The van der Waals surface area contributed by atoms with E-state index in [1.165, 1.54) is 11.1 Å². The summed E-state index contributed by atoms with van der Waals surface area (Å²) in [7, 11) is 0. The minimum absolute atomic E-state index is 0.0469. The Labute approximate surface area is 96.7 Å². The molecule has 0 N–H and O–H groups in total. The number of carbonyl (C=O) groups excluding carboxylic acids is 1. The van der Waals surface area contributed by atoms with Gasteiger partial charge in [0.25, 0.3) is 0 Å². The number of rotatable bonds is 2. The highest BCUT2D eigenvalue weighted by Crippen LogP contribution is 2.34. The molecule has 0 bridgehead atoms. The first-order valence-corrected chi connectivity index (χ1v) is 5.91. The zero-order chi connectivity index (χ0) is 11.5. The van der Waals surface area contributed by atoms with Crippen molar-refractivity contribution in [1.29, 1.82) is 0 Å². The fourth-order valence-corrected chi connectivity index (χ4v) is 2.27. The minimum Gasteiger partial charge on any atom is -0.459 e. The van der Waals surface area contributed by atoms with E-state index in [0.717, 1.165) is 32.1 Å². The van der Waals surface area contributed by atoms with Crippen LogP contribution in [0.15, 0.2) is 35.5 Å². The molecule has 1 saturated carbocycles. The topological polar surface area (TPSA) is 26.3 Å². The molecule has 0 aromatic rings. The number of esters is 1. The molecule has 0 amide bonds. The van der Waals surface area contributed by atoms with Crippen LogP contribution in [-0.2, 0) is 9.53 Å². The van der Waals surface area contributed by atoms with Crippen molar-refractivity contribution in [3.8, 4) is 0 Å². The lowest BCUT2D eigenvalue weighted by Gasteiger charge is -2.28. The van der Waals surface area contributed by atoms with Crippen molar-refractivity contribution in [2.24, 2.45) is 0 Å². The van der Waals surface area contributed by atoms with E-state index in [9.17, 15) is 4.79 Å². The average Bonchev–Trinajstić information content (AvgIpc) is 2.28. The van der Waals surface area contributed by atoms with Gasteiger partial charge in [-0.05, 0) is 43.8 Å². The monoisotopic (exact) mass is 218 g/mol. The maximum atomic E-state index is 11.4. The van der Waals surface area contributed by atoms with E-state index < -0.39 is 0 Å². The van der Waals surface area contributed by atoms with Gasteiger partial charge in [-0.1, -0.05) is 18.7 Å². The molecule has 86 valence electrons. The van der Waals surface area contributed by atoms with Crippen LogP contribution in [0.1, 0.15) is 39.0 Å². The molecule has 2 nitrogen and oxygen atoms in total. The molecule has 2 aliphatic carbocycles. The van der Waals surface area contributed by atoms with Crippen molar-refractivity contribution < 1.29 is 9.53 Å². The standard InChI is InChI=1S/C14H18O2/c1-10(2)14(15)16-13-8-7-11-5-3-4-6-12(11)9-13/h5-6,13H,1,3-4,7-9H2,2H3. The summed E-state index contributed by atoms with van der Waals surface area (Å²) in [5.74, 6) is -0.256. The van der Waals surface area contributed by atoms with E-state index in [-0.39, 0.29) is 12.1 Å². The first kappa shape index (κ1) is 11.2. The predicted molar refractivity (Wildman–Crippen MR) is 63.9 cm³/mol. The fourth-order valence-electron chi connectivity index (χ4n) is 2.27. The molecule has 0 spiro atoms. The lowest BCUT2D eigenvalue weighted by Crippen LogP contribution is -2.23. The van der Waals surface area contributed by atoms with Crippen molar-refractivity contribution in [2.75, 3.05) is 0 Å². The van der Waals surface area contributed by atoms with Crippen LogP contribution in [0.2, 0.25) is 0 Å². The molecule has 2 rings (SSSR count). The van der Waals surface area contributed by atoms with Gasteiger partial charge in [0.15, 0.2) is 0 Å². The van der Waals surface area contributed by atoms with Crippen LogP contribution in [0.3, 0.4) is 0 Å². The van der Waals surface area contributed by atoms with Gasteiger partial charge >= 0.3 is 5.97 Å². The number of hydrogen-bond acceptors (Lipinski definition) is 2. The summed E-state index contributed by atoms with van der Waals surface area (Å²) in [6.45, 7) is 5.29. The first-order valence-electron chi connectivity index (χ1n) is 5.91. The van der Waals surface area contributed by atoms with Crippen LogP contribution in [0, 0.1) is 0 Å². The SMILES string of the molecule is C=C(C)C(=O)OC1CCC2=CCCC=C2C1. The van der Waals surface area contributed by atoms with Crippen LogP contribution in [0.5, 0.6) is 0 Å². The van der Waals surface area contributed by atoms with Gasteiger partial charge in [0.2, 0.25) is 0 Å². The predicted octanol–water partition coefficient (Wildman–Crippen LogP) is 3.30. The zero-order valence-electron chi connectivity index (χ0n) is 9.79. The molecule has 0 aliphatic heterocycles. The number of allylic oxidation sites excluding steroid dienone is 3. The van der Waals surface area contributed by atoms with Crippen LogP contribution in [0.4, 0.5) is 0 Å². The average molecular weight is 218 g/mol. The number of ether oxygens (including phenoxy) is 1. The molecule has 0 aromatic heterocycles. The Morgan fingerprint density at radius 2 is 2.06 bits per heavy atom. The van der Waals surface area contributed by atoms with Gasteiger partial charge in [0.05, 0.1) is 0 Å². The third-order valence-corrected chi connectivity index (χ3v) is 3.17. The summed E-state index contributed by atoms with van der Waals surface area (Å²) in [6.07, 6.45) is 9.82. The molecule has 1 fully saturated rings. The van der Waals surface area contributed by atoms with Crippen molar-refractivity contribution in [3.05, 3.63) is 35.5 Å². The highest BCUT2D eigenvalue weighted by molar-refractivity contribution is 5.87. The van der Waals surface area contributed by atoms with Gasteiger partial charge in [0.1, 0.15) is 6.10 Å². The summed E-state index contributed by atoms with van der Waals surface area (Å²) >= 11 is 0. The molecule has 1 unspecified atom stereocenters. The smallest absolute Gasteiger partial charge is 0.333 e. The summed E-state index contributed by atoms with van der Waals surface area (Å²) in [6, 6.07) is 0. The summed E-state index contributed by atoms with van der Waals surface area (Å²) in [5.41, 5.74) is 3.34. The zero-order valence-corrected chi connectivity index (χ0v) is 9.79. The largest absolute Gasteiger partial charge is 0.459 e. The van der Waals surface area contributed by atoms with Crippen LogP contribution < -0.4 is 0 Å². The highest BCUT2D eigenvalue weighted by atomic mass is 16.5. The van der Waals surface area contributed by atoms with Gasteiger partial charge in [0, 0.05) is 12.0 Å². The van der Waals surface area contributed by atoms with Crippen molar-refractivity contribution in [3.63, 3.8) is 0 Å². The molecule has 0 saturated heterocycles. The van der Waals surface area contributed by atoms with Crippen LogP contribution >= 0.6 is 0 Å². The Morgan fingerprint density at radius 3 is 2.75 bits per heavy atom. The lowest BCUT2D eigenvalue weighted by atomic mass is 9.84. The molecule has 2 heteroatoms. The van der Waals surface area contributed by atoms with E-state index in [1.54, 1.807) is 6.92 Å². The van der Waals surface area contributed by atoms with Gasteiger partial charge in [-0.3, -0.25) is 0 Å². The first-order chi connectivity index (χ1) is 7.66. The molecular formula is C14H18O2. The van der Waals surface area contributed by atoms with E-state index in [4.69, 9.17) is 4.74 Å². The highest BCUT2D eigenvalue weighted by Gasteiger charge is 2.24. The Hall–Kier alpha value is -1.31. The van der Waals surface area contributed by atoms with Gasteiger partial charge in [-0.2, -0.15) is 0 Å². The van der Waals surface area contributed by atoms with Gasteiger partial charge < -0.3 is 4.74 Å². The van der Waals surface area contributed by atoms with Gasteiger partial charge in [-0.15, -0.1) is 0 Å². The number of hydrogen-bond donors (Lipinski definition) is 0. The minimum atomic E-state index is -0.256. The second kappa shape index (κ2) is 4.69. The quantitative estimate of drug-likeness (QED) is 0.525. The van der Waals surface area contributed by atoms with Crippen molar-refractivity contribution >= 4 is 5.97 Å². The Kier molecular flexibility index (Phi) is 3.28. The Balaban J connectivity index is 1.96.